The van der Waals surface area contributed by atoms with Gasteiger partial charge in [-0.2, -0.15) is 13.2 Å². The minimum absolute atomic E-state index is 0.169. The molecule has 0 saturated carbocycles. The lowest BCUT2D eigenvalue weighted by molar-refractivity contribution is -0.177. The lowest BCUT2D eigenvalue weighted by Gasteiger charge is -2.30. The molecule has 0 aliphatic carbocycles. The van der Waals surface area contributed by atoms with Crippen LogP contribution in [0.5, 0.6) is 0 Å². The fourth-order valence-electron chi connectivity index (χ4n) is 1.53. The molecule has 10 nitrogen and oxygen atoms in total. The second kappa shape index (κ2) is 8.49. The van der Waals surface area contributed by atoms with Crippen molar-refractivity contribution < 1.29 is 53.8 Å². The summed E-state index contributed by atoms with van der Waals surface area (Å²) in [5, 5.41) is 0. The predicted octanol–water partition coefficient (Wildman–Crippen LogP) is -0.186. The van der Waals surface area contributed by atoms with Crippen molar-refractivity contribution in [2.45, 2.75) is 19.4 Å². The molecule has 26 heavy (non-hydrogen) atoms. The second-order valence-electron chi connectivity index (χ2n) is 5.04. The van der Waals surface area contributed by atoms with Crippen molar-refractivity contribution in [2.24, 2.45) is 5.41 Å². The topological polar surface area (TPSA) is 133 Å². The second-order valence-corrected chi connectivity index (χ2v) is 9.03. The van der Waals surface area contributed by atoms with Gasteiger partial charge in [-0.05, 0) is 13.8 Å². The monoisotopic (exact) mass is 429 g/mol. The molecule has 15 heteroatoms. The van der Waals surface area contributed by atoms with Crippen LogP contribution >= 0.6 is 0 Å². The van der Waals surface area contributed by atoms with Gasteiger partial charge >= 0.3 is 27.5 Å². The highest BCUT2D eigenvalue weighted by atomic mass is 32.3. The molecule has 1 atom stereocenters. The summed E-state index contributed by atoms with van der Waals surface area (Å²) < 4.78 is 97.3. The van der Waals surface area contributed by atoms with Crippen LogP contribution in [0.3, 0.4) is 0 Å². The number of hydrogen-bond acceptors (Lipinski definition) is 9. The van der Waals surface area contributed by atoms with Crippen LogP contribution in [0.4, 0.5) is 13.2 Å². The third-order valence-electron chi connectivity index (χ3n) is 2.86. The molecule has 1 unspecified atom stereocenters. The van der Waals surface area contributed by atoms with Crippen molar-refractivity contribution in [3.05, 3.63) is 0 Å². The molecule has 0 rings (SSSR count). The molecule has 0 aliphatic rings. The van der Waals surface area contributed by atoms with E-state index >= 15 is 0 Å². The van der Waals surface area contributed by atoms with E-state index in [0.717, 1.165) is 7.11 Å². The molecule has 0 N–H and O–H groups in total. The molecular formula is C11H18F3NO9S2. The van der Waals surface area contributed by atoms with Gasteiger partial charge in [0.2, 0.25) is 10.0 Å². The third-order valence-corrected chi connectivity index (χ3v) is 6.38. The van der Waals surface area contributed by atoms with Crippen LogP contribution in [0.15, 0.2) is 0 Å². The van der Waals surface area contributed by atoms with Gasteiger partial charge < -0.3 is 14.2 Å². The van der Waals surface area contributed by atoms with E-state index in [9.17, 15) is 39.6 Å². The third kappa shape index (κ3) is 5.52. The summed E-state index contributed by atoms with van der Waals surface area (Å²) in [7, 11) is -10.4. The number of carbonyl (C=O) groups excluding carboxylic acids is 2. The molecule has 0 spiro atoms. The fraction of sp³-hybridized carbons (Fsp3) is 0.818. The summed E-state index contributed by atoms with van der Waals surface area (Å²) in [6.45, 7) is -0.767. The fourth-order valence-corrected chi connectivity index (χ4v) is 4.36. The highest BCUT2D eigenvalue weighted by Gasteiger charge is 2.58. The average Bonchev–Trinajstić information content (AvgIpc) is 2.47. The molecule has 0 fully saturated rings. The Balaban J connectivity index is 6.26. The van der Waals surface area contributed by atoms with Gasteiger partial charge in [0, 0.05) is 7.11 Å². The van der Waals surface area contributed by atoms with Crippen LogP contribution in [0, 0.1) is 5.41 Å². The van der Waals surface area contributed by atoms with E-state index in [0.29, 0.717) is 6.92 Å². The zero-order valence-corrected chi connectivity index (χ0v) is 15.8. The lowest BCUT2D eigenvalue weighted by atomic mass is 9.91. The number of hydrogen-bond donors (Lipinski definition) is 0. The van der Waals surface area contributed by atoms with Gasteiger partial charge in [0.1, 0.15) is 0 Å². The molecule has 0 amide bonds. The van der Waals surface area contributed by atoms with Crippen LogP contribution in [0.2, 0.25) is 0 Å². The highest BCUT2D eigenvalue weighted by Crippen LogP contribution is 2.32. The quantitative estimate of drug-likeness (QED) is 0.278. The lowest BCUT2D eigenvalue weighted by Crippen LogP contribution is -2.54. The number of carbonyl (C=O) groups is 2. The van der Waals surface area contributed by atoms with Crippen molar-refractivity contribution in [3.8, 4) is 0 Å². The number of alkyl halides is 3. The first-order valence-corrected chi connectivity index (χ1v) is 9.97. The Labute approximate surface area is 148 Å². The van der Waals surface area contributed by atoms with Gasteiger partial charge in [-0.15, -0.1) is 0 Å². The summed E-state index contributed by atoms with van der Waals surface area (Å²) in [5.41, 5.74) is -8.71. The van der Waals surface area contributed by atoms with E-state index in [2.05, 4.69) is 14.2 Å². The number of methoxy groups -OCH3 is 1. The van der Waals surface area contributed by atoms with Gasteiger partial charge in [0.15, 0.2) is 12.2 Å². The molecule has 0 aromatic heterocycles. The Kier molecular flexibility index (Phi) is 8.02. The van der Waals surface area contributed by atoms with Gasteiger partial charge in [-0.1, -0.05) is 3.71 Å². The Morgan fingerprint density at radius 1 is 1.04 bits per heavy atom. The van der Waals surface area contributed by atoms with Crippen molar-refractivity contribution in [1.82, 2.24) is 3.71 Å². The largest absolute Gasteiger partial charge is 0.512 e. The van der Waals surface area contributed by atoms with Gasteiger partial charge in [0.25, 0.3) is 0 Å². The standard InChI is InChI=1S/C11H18F3NO9S2/c1-5-23-8(16)10(2,9(17)24-7-22-3)6-15(25(4,18)19)26(20,21)11(12,13)14/h5-7H2,1-4H3. The SMILES string of the molecule is CCOC(=O)C(C)(CN(S(C)(=O)=O)S(=O)(=O)C(F)(F)F)C(=O)OCOC. The van der Waals surface area contributed by atoms with E-state index in [-0.39, 0.29) is 12.9 Å². The Morgan fingerprint density at radius 2 is 1.50 bits per heavy atom. The van der Waals surface area contributed by atoms with Crippen molar-refractivity contribution in [1.29, 1.82) is 0 Å². The Bertz CT molecular complexity index is 733. The van der Waals surface area contributed by atoms with E-state index in [1.165, 1.54) is 6.92 Å². The summed E-state index contributed by atoms with van der Waals surface area (Å²) in [6, 6.07) is 0. The number of ether oxygens (including phenoxy) is 3. The highest BCUT2D eigenvalue weighted by molar-refractivity contribution is 8.04. The molecule has 0 aromatic carbocycles. The zero-order chi connectivity index (χ0) is 21.0. The van der Waals surface area contributed by atoms with Crippen molar-refractivity contribution in [3.63, 3.8) is 0 Å². The van der Waals surface area contributed by atoms with Crippen LogP contribution in [-0.4, -0.2) is 71.3 Å². The van der Waals surface area contributed by atoms with Gasteiger partial charge in [0.05, 0.1) is 19.4 Å². The summed E-state index contributed by atoms with van der Waals surface area (Å²) >= 11 is 0. The number of sulfonamides is 2. The van der Waals surface area contributed by atoms with E-state index in [1.54, 1.807) is 0 Å². The number of halogens is 3. The normalized spacial score (nSPS) is 15.4. The van der Waals surface area contributed by atoms with Crippen molar-refractivity contribution >= 4 is 32.0 Å². The minimum Gasteiger partial charge on any atom is -0.465 e. The maximum Gasteiger partial charge on any atom is 0.512 e. The maximum absolute atomic E-state index is 12.8. The Morgan fingerprint density at radius 3 is 1.85 bits per heavy atom. The summed E-state index contributed by atoms with van der Waals surface area (Å²) in [4.78, 5) is 24.1. The molecule has 0 radical (unpaired) electrons. The smallest absolute Gasteiger partial charge is 0.465 e. The first kappa shape index (κ1) is 24.6. The number of rotatable bonds is 9. The van der Waals surface area contributed by atoms with Crippen LogP contribution in [0.1, 0.15) is 13.8 Å². The van der Waals surface area contributed by atoms with E-state index in [1.807, 2.05) is 0 Å². The molecule has 0 aliphatic heterocycles. The summed E-state index contributed by atoms with van der Waals surface area (Å²) in [6.07, 6.45) is 0.169. The number of nitrogens with zero attached hydrogens (tertiary/aromatic N) is 1. The molecule has 0 bridgehead atoms. The molecule has 154 valence electrons. The molecule has 0 heterocycles. The Hall–Kier alpha value is -1.45. The minimum atomic E-state index is -6.43. The zero-order valence-electron chi connectivity index (χ0n) is 14.2. The van der Waals surface area contributed by atoms with E-state index < -0.39 is 60.0 Å². The predicted molar refractivity (Wildman–Crippen MR) is 79.2 cm³/mol. The summed E-state index contributed by atoms with van der Waals surface area (Å²) in [5.74, 6) is -3.02. The van der Waals surface area contributed by atoms with Crippen LogP contribution in [-0.2, 0) is 43.8 Å². The van der Waals surface area contributed by atoms with Crippen LogP contribution < -0.4 is 0 Å². The van der Waals surface area contributed by atoms with Gasteiger partial charge in [-0.3, -0.25) is 9.59 Å². The molecule has 0 aromatic rings. The maximum atomic E-state index is 12.8. The van der Waals surface area contributed by atoms with Crippen LogP contribution in [0.25, 0.3) is 0 Å². The first-order chi connectivity index (χ1) is 11.6. The van der Waals surface area contributed by atoms with Crippen molar-refractivity contribution in [2.75, 3.05) is 33.3 Å². The number of esters is 2. The molecule has 0 saturated heterocycles. The molecular weight excluding hydrogens is 411 g/mol. The first-order valence-electron chi connectivity index (χ1n) is 6.68. The van der Waals surface area contributed by atoms with Gasteiger partial charge in [-0.25, -0.2) is 16.8 Å². The average molecular weight is 429 g/mol. The van der Waals surface area contributed by atoms with E-state index in [4.69, 9.17) is 0 Å².